The predicted molar refractivity (Wildman–Crippen MR) is 83.3 cm³/mol. The maximum atomic E-state index is 12.3. The van der Waals surface area contributed by atoms with Crippen molar-refractivity contribution < 1.29 is 8.42 Å². The fourth-order valence-electron chi connectivity index (χ4n) is 2.00. The molecule has 20 heavy (non-hydrogen) atoms. The highest BCUT2D eigenvalue weighted by molar-refractivity contribution is 7.89. The van der Waals surface area contributed by atoms with E-state index in [0.717, 1.165) is 18.5 Å². The van der Waals surface area contributed by atoms with Crippen molar-refractivity contribution in [3.05, 3.63) is 29.3 Å². The summed E-state index contributed by atoms with van der Waals surface area (Å²) in [4.78, 5) is 0.331. The van der Waals surface area contributed by atoms with E-state index in [1.807, 2.05) is 33.8 Å². The van der Waals surface area contributed by atoms with Crippen molar-refractivity contribution in [2.75, 3.05) is 6.54 Å². The van der Waals surface area contributed by atoms with Gasteiger partial charge in [0.05, 0.1) is 4.90 Å². The van der Waals surface area contributed by atoms with Gasteiger partial charge >= 0.3 is 0 Å². The molecule has 2 N–H and O–H groups in total. The number of sulfonamides is 1. The molecule has 1 aromatic carbocycles. The second kappa shape index (κ2) is 6.70. The van der Waals surface area contributed by atoms with E-state index in [-0.39, 0.29) is 0 Å². The van der Waals surface area contributed by atoms with Crippen LogP contribution in [0.3, 0.4) is 0 Å². The molecular formula is C15H26N2O2S. The largest absolute Gasteiger partial charge is 0.313 e. The van der Waals surface area contributed by atoms with E-state index in [1.165, 1.54) is 5.56 Å². The Labute approximate surface area is 123 Å². The summed E-state index contributed by atoms with van der Waals surface area (Å²) in [5.74, 6) is 0. The van der Waals surface area contributed by atoms with Gasteiger partial charge in [-0.3, -0.25) is 0 Å². The predicted octanol–water partition coefficient (Wildman–Crippen LogP) is 2.44. The first-order valence-electron chi connectivity index (χ1n) is 7.06. The fraction of sp³-hybridized carbons (Fsp3) is 0.600. The summed E-state index contributed by atoms with van der Waals surface area (Å²) in [6, 6.07) is 5.36. The summed E-state index contributed by atoms with van der Waals surface area (Å²) in [7, 11) is -3.47. The van der Waals surface area contributed by atoms with Crippen LogP contribution in [0.2, 0.25) is 0 Å². The van der Waals surface area contributed by atoms with Gasteiger partial charge in [0, 0.05) is 12.1 Å². The Kier molecular flexibility index (Phi) is 5.74. The Morgan fingerprint density at radius 2 is 1.75 bits per heavy atom. The van der Waals surface area contributed by atoms with Crippen molar-refractivity contribution in [3.63, 3.8) is 0 Å². The SMILES string of the molecule is CCNCc1cc(S(=O)(=O)NC(C)(C)C)ccc1CC. The average Bonchev–Trinajstić information content (AvgIpc) is 2.33. The van der Waals surface area contributed by atoms with Gasteiger partial charge in [0.15, 0.2) is 0 Å². The molecule has 0 unspecified atom stereocenters. The number of benzene rings is 1. The number of hydrogen-bond donors (Lipinski definition) is 2. The molecule has 4 nitrogen and oxygen atoms in total. The molecular weight excluding hydrogens is 272 g/mol. The van der Waals surface area contributed by atoms with Crippen LogP contribution in [0.4, 0.5) is 0 Å². The molecule has 0 radical (unpaired) electrons. The smallest absolute Gasteiger partial charge is 0.241 e. The van der Waals surface area contributed by atoms with Crippen molar-refractivity contribution in [1.82, 2.24) is 10.0 Å². The molecule has 114 valence electrons. The molecule has 1 aromatic rings. The maximum absolute atomic E-state index is 12.3. The first-order chi connectivity index (χ1) is 9.19. The molecule has 0 aromatic heterocycles. The molecule has 0 saturated carbocycles. The number of rotatable bonds is 6. The van der Waals surface area contributed by atoms with Crippen LogP contribution in [0, 0.1) is 0 Å². The normalized spacial score (nSPS) is 12.7. The van der Waals surface area contributed by atoms with Crippen molar-refractivity contribution in [1.29, 1.82) is 0 Å². The van der Waals surface area contributed by atoms with E-state index < -0.39 is 15.6 Å². The summed E-state index contributed by atoms with van der Waals surface area (Å²) in [5, 5.41) is 3.25. The second-order valence-corrected chi connectivity index (χ2v) is 7.60. The van der Waals surface area contributed by atoms with Crippen LogP contribution >= 0.6 is 0 Å². The lowest BCUT2D eigenvalue weighted by molar-refractivity contribution is 0.491. The molecule has 5 heteroatoms. The van der Waals surface area contributed by atoms with Crippen molar-refractivity contribution >= 4 is 10.0 Å². The molecule has 0 amide bonds. The van der Waals surface area contributed by atoms with Crippen molar-refractivity contribution in [2.45, 2.75) is 58.0 Å². The summed E-state index contributed by atoms with van der Waals surface area (Å²) < 4.78 is 27.4. The molecule has 0 bridgehead atoms. The Morgan fingerprint density at radius 1 is 1.10 bits per heavy atom. The number of aryl methyl sites for hydroxylation is 1. The van der Waals surface area contributed by atoms with Gasteiger partial charge < -0.3 is 5.32 Å². The third-order valence-corrected chi connectivity index (χ3v) is 4.63. The zero-order valence-electron chi connectivity index (χ0n) is 13.1. The van der Waals surface area contributed by atoms with E-state index in [4.69, 9.17) is 0 Å². The second-order valence-electron chi connectivity index (χ2n) is 5.92. The monoisotopic (exact) mass is 298 g/mol. The topological polar surface area (TPSA) is 58.2 Å². The maximum Gasteiger partial charge on any atom is 0.241 e. The van der Waals surface area contributed by atoms with Gasteiger partial charge in [-0.1, -0.05) is 19.9 Å². The van der Waals surface area contributed by atoms with Crippen molar-refractivity contribution in [2.24, 2.45) is 0 Å². The minimum absolute atomic E-state index is 0.331. The highest BCUT2D eigenvalue weighted by Crippen LogP contribution is 2.18. The summed E-state index contributed by atoms with van der Waals surface area (Å²) in [6.07, 6.45) is 0.897. The van der Waals surface area contributed by atoms with E-state index in [1.54, 1.807) is 12.1 Å². The van der Waals surface area contributed by atoms with Crippen molar-refractivity contribution in [3.8, 4) is 0 Å². The fourth-order valence-corrected chi connectivity index (χ4v) is 3.47. The first-order valence-corrected chi connectivity index (χ1v) is 8.54. The van der Waals surface area contributed by atoms with Gasteiger partial charge in [0.2, 0.25) is 10.0 Å². The van der Waals surface area contributed by atoms with E-state index >= 15 is 0 Å². The van der Waals surface area contributed by atoms with Crippen LogP contribution in [-0.2, 0) is 23.0 Å². The van der Waals surface area contributed by atoms with Crippen LogP contribution in [0.25, 0.3) is 0 Å². The lowest BCUT2D eigenvalue weighted by Crippen LogP contribution is -2.40. The first kappa shape index (κ1) is 17.1. The van der Waals surface area contributed by atoms with Gasteiger partial charge in [-0.15, -0.1) is 0 Å². The Balaban J connectivity index is 3.13. The summed E-state index contributed by atoms with van der Waals surface area (Å²) >= 11 is 0. The molecule has 0 spiro atoms. The molecule has 0 aliphatic heterocycles. The Hall–Kier alpha value is -0.910. The minimum atomic E-state index is -3.47. The highest BCUT2D eigenvalue weighted by Gasteiger charge is 2.22. The van der Waals surface area contributed by atoms with Gasteiger partial charge in [-0.05, 0) is 57.0 Å². The highest BCUT2D eigenvalue weighted by atomic mass is 32.2. The molecule has 1 rings (SSSR count). The van der Waals surface area contributed by atoms with Crippen LogP contribution in [0.5, 0.6) is 0 Å². The Morgan fingerprint density at radius 3 is 2.25 bits per heavy atom. The zero-order chi connectivity index (χ0) is 15.4. The van der Waals surface area contributed by atoms with Crippen LogP contribution in [0.1, 0.15) is 45.7 Å². The van der Waals surface area contributed by atoms with Gasteiger partial charge in [-0.25, -0.2) is 13.1 Å². The lowest BCUT2D eigenvalue weighted by Gasteiger charge is -2.21. The quantitative estimate of drug-likeness (QED) is 0.848. The van der Waals surface area contributed by atoms with Crippen LogP contribution in [0.15, 0.2) is 23.1 Å². The van der Waals surface area contributed by atoms with E-state index in [9.17, 15) is 8.42 Å². The molecule has 0 aliphatic rings. The molecule has 0 atom stereocenters. The average molecular weight is 298 g/mol. The van der Waals surface area contributed by atoms with E-state index in [0.29, 0.717) is 11.4 Å². The summed E-state index contributed by atoms with van der Waals surface area (Å²) in [6.45, 7) is 11.2. The molecule has 0 saturated heterocycles. The number of nitrogens with one attached hydrogen (secondary N) is 2. The van der Waals surface area contributed by atoms with Crippen LogP contribution in [-0.4, -0.2) is 20.5 Å². The van der Waals surface area contributed by atoms with Gasteiger partial charge in [0.1, 0.15) is 0 Å². The van der Waals surface area contributed by atoms with Gasteiger partial charge in [-0.2, -0.15) is 0 Å². The Bertz CT molecular complexity index is 545. The zero-order valence-corrected chi connectivity index (χ0v) is 13.9. The number of hydrogen-bond acceptors (Lipinski definition) is 3. The van der Waals surface area contributed by atoms with Gasteiger partial charge in [0.25, 0.3) is 0 Å². The molecule has 0 heterocycles. The molecule has 0 aliphatic carbocycles. The third kappa shape index (κ3) is 4.89. The minimum Gasteiger partial charge on any atom is -0.313 e. The summed E-state index contributed by atoms with van der Waals surface area (Å²) in [5.41, 5.74) is 1.75. The third-order valence-electron chi connectivity index (χ3n) is 2.87. The molecule has 0 fully saturated rings. The van der Waals surface area contributed by atoms with Crippen LogP contribution < -0.4 is 10.0 Å². The van der Waals surface area contributed by atoms with E-state index in [2.05, 4.69) is 17.0 Å². The standard InChI is InChI=1S/C15H26N2O2S/c1-6-12-8-9-14(10-13(12)11-16-7-2)20(18,19)17-15(3,4)5/h8-10,16-17H,6-7,11H2,1-5H3. The lowest BCUT2D eigenvalue weighted by atomic mass is 10.1.